The van der Waals surface area contributed by atoms with Crippen molar-refractivity contribution in [3.8, 4) is 5.75 Å². The zero-order valence-corrected chi connectivity index (χ0v) is 24.8. The summed E-state index contributed by atoms with van der Waals surface area (Å²) in [6, 6.07) is 15.3. The number of carboxylic acids is 1. The number of carbonyl (C=O) groups is 4. The first-order valence-electron chi connectivity index (χ1n) is 13.5. The van der Waals surface area contributed by atoms with Crippen molar-refractivity contribution in [2.75, 3.05) is 48.3 Å². The molecule has 2 N–H and O–H groups in total. The molecule has 2 aromatic rings. The van der Waals surface area contributed by atoms with Crippen LogP contribution in [0.1, 0.15) is 49.9 Å². The van der Waals surface area contributed by atoms with Gasteiger partial charge in [-0.2, -0.15) is 0 Å². The number of amides is 3. The zero-order chi connectivity index (χ0) is 30.3. The first kappa shape index (κ1) is 37.7. The number of benzene rings is 2. The van der Waals surface area contributed by atoms with Crippen molar-refractivity contribution in [2.45, 2.75) is 45.6 Å². The van der Waals surface area contributed by atoms with Gasteiger partial charge in [0.2, 0.25) is 5.91 Å². The van der Waals surface area contributed by atoms with E-state index in [1.807, 2.05) is 32.0 Å². The van der Waals surface area contributed by atoms with Gasteiger partial charge in [-0.15, -0.1) is 0 Å². The Hall–Kier alpha value is -3.32. The maximum atomic E-state index is 12.7. The van der Waals surface area contributed by atoms with E-state index in [-0.39, 0.29) is 49.6 Å². The van der Waals surface area contributed by atoms with Crippen LogP contribution in [0.4, 0.5) is 10.5 Å². The Morgan fingerprint density at radius 1 is 0.927 bits per heavy atom. The first-order valence-corrected chi connectivity index (χ1v) is 13.5. The SMILES string of the molecule is CCCN(CCC)C(=O)C(CCC(=O)O)NC(=O)c1ccccc1.CN(C)C(=O)Oc1cccc([N+](C)(C)C)c1.[LiH]. The van der Waals surface area contributed by atoms with Crippen LogP contribution in [0.15, 0.2) is 54.6 Å². The third-order valence-electron chi connectivity index (χ3n) is 5.75. The van der Waals surface area contributed by atoms with Crippen LogP contribution in [-0.2, 0) is 9.59 Å². The molecule has 1 unspecified atom stereocenters. The number of carbonyl (C=O) groups excluding carboxylic acids is 3. The summed E-state index contributed by atoms with van der Waals surface area (Å²) in [7, 11) is 9.50. The third-order valence-corrected chi connectivity index (χ3v) is 5.75. The molecule has 2 rings (SSSR count). The molecule has 41 heavy (non-hydrogen) atoms. The molecule has 0 aliphatic carbocycles. The number of hydrogen-bond acceptors (Lipinski definition) is 5. The summed E-state index contributed by atoms with van der Waals surface area (Å²) in [4.78, 5) is 50.4. The van der Waals surface area contributed by atoms with Gasteiger partial charge in [0.1, 0.15) is 17.5 Å². The molecule has 11 heteroatoms. The van der Waals surface area contributed by atoms with Gasteiger partial charge in [-0.05, 0) is 43.5 Å². The van der Waals surface area contributed by atoms with Gasteiger partial charge in [0.15, 0.2) is 0 Å². The van der Waals surface area contributed by atoms with Crippen molar-refractivity contribution in [1.82, 2.24) is 19.6 Å². The number of carboxylic acid groups (broad SMARTS) is 1. The average Bonchev–Trinajstić information content (AvgIpc) is 2.90. The van der Waals surface area contributed by atoms with Crippen molar-refractivity contribution in [1.29, 1.82) is 0 Å². The topological polar surface area (TPSA) is 116 Å². The molecule has 0 radical (unpaired) electrons. The van der Waals surface area contributed by atoms with Crippen LogP contribution in [0.2, 0.25) is 0 Å². The average molecular weight is 566 g/mol. The van der Waals surface area contributed by atoms with E-state index >= 15 is 0 Å². The molecule has 0 aliphatic rings. The fraction of sp³-hybridized carbons (Fsp3) is 0.467. The predicted molar refractivity (Wildman–Crippen MR) is 165 cm³/mol. The van der Waals surface area contributed by atoms with E-state index in [1.165, 1.54) is 4.90 Å². The number of ether oxygens (including phenoxy) is 1. The summed E-state index contributed by atoms with van der Waals surface area (Å²) in [5.41, 5.74) is 1.53. The molecule has 10 nitrogen and oxygen atoms in total. The molecule has 2 aromatic carbocycles. The van der Waals surface area contributed by atoms with Gasteiger partial charge in [0.05, 0.1) is 21.1 Å². The second kappa shape index (κ2) is 18.9. The molecule has 0 bridgehead atoms. The quantitative estimate of drug-likeness (QED) is 0.300. The summed E-state index contributed by atoms with van der Waals surface area (Å²) in [6.07, 6.45) is 1.17. The second-order valence-electron chi connectivity index (χ2n) is 10.4. The standard InChI is InChI=1S/C18H26N2O4.C12H19N2O2.Li.H/c1-3-12-20(13-4-2)18(24)15(10-11-16(21)22)19-17(23)14-8-6-5-7-9-14;1-13(2)12(15)16-11-8-6-7-10(9-11)14(3,4)5;;/h5-9,15H,3-4,10-13H2,1-2H3,(H,19,23)(H,21,22);6-9H,1-5H3;;/q;+1;;. The number of nitrogens with one attached hydrogen (secondary N) is 1. The Labute approximate surface area is 256 Å². The molecule has 0 heterocycles. The van der Waals surface area contributed by atoms with Crippen LogP contribution >= 0.6 is 0 Å². The van der Waals surface area contributed by atoms with E-state index in [9.17, 15) is 19.2 Å². The summed E-state index contributed by atoms with van der Waals surface area (Å²) < 4.78 is 5.88. The fourth-order valence-electron chi connectivity index (χ4n) is 3.61. The molecule has 1 atom stereocenters. The van der Waals surface area contributed by atoms with Crippen LogP contribution in [0.25, 0.3) is 0 Å². The summed E-state index contributed by atoms with van der Waals surface area (Å²) in [5.74, 6) is -1.000. The fourth-order valence-corrected chi connectivity index (χ4v) is 3.61. The molecule has 0 aliphatic heterocycles. The number of quaternary nitrogens is 1. The van der Waals surface area contributed by atoms with Gasteiger partial charge < -0.3 is 25.0 Å². The molecule has 0 saturated carbocycles. The van der Waals surface area contributed by atoms with E-state index in [4.69, 9.17) is 9.84 Å². The molecule has 0 spiro atoms. The van der Waals surface area contributed by atoms with Crippen LogP contribution in [-0.4, -0.2) is 112 Å². The maximum absolute atomic E-state index is 12.7. The minimum atomic E-state index is -0.987. The van der Waals surface area contributed by atoms with Gasteiger partial charge in [-0.3, -0.25) is 18.9 Å². The van der Waals surface area contributed by atoms with Gasteiger partial charge in [-0.1, -0.05) is 38.1 Å². The number of rotatable bonds is 12. The van der Waals surface area contributed by atoms with Crippen LogP contribution in [0.5, 0.6) is 5.75 Å². The molecule has 222 valence electrons. The van der Waals surface area contributed by atoms with Crippen molar-refractivity contribution in [2.24, 2.45) is 0 Å². The molecule has 3 amide bonds. The summed E-state index contributed by atoms with van der Waals surface area (Å²) in [5, 5.41) is 11.6. The van der Waals surface area contributed by atoms with Gasteiger partial charge in [-0.25, -0.2) is 4.79 Å². The normalized spacial score (nSPS) is 11.1. The van der Waals surface area contributed by atoms with E-state index < -0.39 is 12.0 Å². The Bertz CT molecular complexity index is 1100. The Morgan fingerprint density at radius 3 is 2.00 bits per heavy atom. The van der Waals surface area contributed by atoms with E-state index in [0.717, 1.165) is 18.5 Å². The van der Waals surface area contributed by atoms with Crippen molar-refractivity contribution in [3.05, 3.63) is 60.2 Å². The van der Waals surface area contributed by atoms with E-state index in [2.05, 4.69) is 26.5 Å². The third kappa shape index (κ3) is 14.2. The van der Waals surface area contributed by atoms with Gasteiger partial charge >= 0.3 is 30.9 Å². The van der Waals surface area contributed by atoms with Crippen LogP contribution in [0.3, 0.4) is 0 Å². The molecule has 0 aromatic heterocycles. The summed E-state index contributed by atoms with van der Waals surface area (Å²) in [6.45, 7) is 5.14. The Morgan fingerprint density at radius 2 is 1.51 bits per heavy atom. The number of aliphatic carboxylic acids is 1. The van der Waals surface area contributed by atoms with Crippen molar-refractivity contribution >= 4 is 48.4 Å². The van der Waals surface area contributed by atoms with Gasteiger partial charge in [0, 0.05) is 45.2 Å². The molecular weight excluding hydrogens is 519 g/mol. The minimum absolute atomic E-state index is 0. The second-order valence-corrected chi connectivity index (χ2v) is 10.4. The monoisotopic (exact) mass is 565 g/mol. The number of nitrogens with zero attached hydrogens (tertiary/aromatic N) is 3. The molecule has 0 fully saturated rings. The molecular formula is C30H46LiN4O6+. The van der Waals surface area contributed by atoms with Crippen molar-refractivity contribution < 1.29 is 29.0 Å². The Kier molecular flexibility index (Phi) is 17.4. The Balaban J connectivity index is 0.000000821. The molecule has 0 saturated heterocycles. The van der Waals surface area contributed by atoms with Crippen LogP contribution < -0.4 is 14.5 Å². The van der Waals surface area contributed by atoms with E-state index in [1.54, 1.807) is 55.4 Å². The summed E-state index contributed by atoms with van der Waals surface area (Å²) >= 11 is 0. The van der Waals surface area contributed by atoms with Gasteiger partial charge in [0.25, 0.3) is 5.91 Å². The predicted octanol–water partition coefficient (Wildman–Crippen LogP) is 3.59. The first-order chi connectivity index (χ1) is 18.8. The zero-order valence-electron chi connectivity index (χ0n) is 24.8. The number of hydrogen-bond donors (Lipinski definition) is 2. The van der Waals surface area contributed by atoms with Crippen molar-refractivity contribution in [3.63, 3.8) is 0 Å². The van der Waals surface area contributed by atoms with E-state index in [0.29, 0.717) is 28.9 Å². The van der Waals surface area contributed by atoms with Crippen LogP contribution in [0, 0.1) is 0 Å².